The number of hydrogen-bond acceptors (Lipinski definition) is 6. The third-order valence-corrected chi connectivity index (χ3v) is 3.49. The van der Waals surface area contributed by atoms with Crippen LogP contribution in [0.1, 0.15) is 11.5 Å². The molecule has 0 atom stereocenters. The zero-order chi connectivity index (χ0) is 13.4. The number of aromatic nitrogens is 2. The van der Waals surface area contributed by atoms with E-state index in [9.17, 15) is 0 Å². The van der Waals surface area contributed by atoms with Crippen molar-refractivity contribution in [2.24, 2.45) is 5.73 Å². The second-order valence-electron chi connectivity index (χ2n) is 4.10. The third kappa shape index (κ3) is 2.08. The van der Waals surface area contributed by atoms with Gasteiger partial charge in [-0.25, -0.2) is 0 Å². The minimum atomic E-state index is 0.220. The summed E-state index contributed by atoms with van der Waals surface area (Å²) in [6, 6.07) is 1.90. The van der Waals surface area contributed by atoms with E-state index in [0.29, 0.717) is 24.9 Å². The molecule has 2 aromatic rings. The van der Waals surface area contributed by atoms with E-state index in [0.717, 1.165) is 27.1 Å². The molecule has 0 saturated carbocycles. The van der Waals surface area contributed by atoms with Crippen molar-refractivity contribution in [2.45, 2.75) is 13.5 Å². The Morgan fingerprint density at radius 1 is 1.32 bits per heavy atom. The minimum Gasteiger partial charge on any atom is -0.486 e. The van der Waals surface area contributed by atoms with Crippen molar-refractivity contribution in [3.8, 4) is 22.9 Å². The Labute approximate surface area is 118 Å². The largest absolute Gasteiger partial charge is 0.486 e. The SMILES string of the molecule is Cc1c(-c2noc(CN)n2)cc(Br)c2c1OCCO2. The fraction of sp³-hybridized carbons (Fsp3) is 0.333. The number of halogens is 1. The number of nitrogens with zero attached hydrogens (tertiary/aromatic N) is 2. The van der Waals surface area contributed by atoms with Gasteiger partial charge in [-0.2, -0.15) is 4.98 Å². The van der Waals surface area contributed by atoms with Crippen LogP contribution < -0.4 is 15.2 Å². The number of nitrogens with two attached hydrogens (primary N) is 1. The van der Waals surface area contributed by atoms with Crippen LogP contribution >= 0.6 is 15.9 Å². The van der Waals surface area contributed by atoms with Gasteiger partial charge in [-0.3, -0.25) is 0 Å². The number of benzene rings is 1. The molecular weight excluding hydrogens is 314 g/mol. The average Bonchev–Trinajstić information content (AvgIpc) is 2.91. The molecule has 100 valence electrons. The molecule has 3 rings (SSSR count). The molecule has 0 bridgehead atoms. The van der Waals surface area contributed by atoms with Crippen molar-refractivity contribution in [1.82, 2.24) is 10.1 Å². The molecule has 1 aliphatic rings. The van der Waals surface area contributed by atoms with E-state index in [4.69, 9.17) is 19.7 Å². The molecule has 1 aromatic carbocycles. The summed E-state index contributed by atoms with van der Waals surface area (Å²) in [7, 11) is 0. The average molecular weight is 326 g/mol. The quantitative estimate of drug-likeness (QED) is 0.909. The van der Waals surface area contributed by atoms with E-state index in [1.165, 1.54) is 0 Å². The molecular formula is C12H12BrN3O3. The van der Waals surface area contributed by atoms with E-state index in [1.54, 1.807) is 0 Å². The smallest absolute Gasteiger partial charge is 0.240 e. The van der Waals surface area contributed by atoms with Gasteiger partial charge in [0.2, 0.25) is 11.7 Å². The second-order valence-corrected chi connectivity index (χ2v) is 4.96. The Hall–Kier alpha value is -1.60. The zero-order valence-corrected chi connectivity index (χ0v) is 11.9. The number of rotatable bonds is 2. The van der Waals surface area contributed by atoms with Crippen LogP contribution in [0.15, 0.2) is 15.1 Å². The fourth-order valence-electron chi connectivity index (χ4n) is 1.98. The lowest BCUT2D eigenvalue weighted by atomic mass is 10.1. The highest BCUT2D eigenvalue weighted by Crippen LogP contribution is 2.44. The highest BCUT2D eigenvalue weighted by molar-refractivity contribution is 9.10. The van der Waals surface area contributed by atoms with Crippen molar-refractivity contribution in [1.29, 1.82) is 0 Å². The summed E-state index contributed by atoms with van der Waals surface area (Å²) < 4.78 is 17.1. The molecule has 0 radical (unpaired) electrons. The molecule has 1 aromatic heterocycles. The first-order valence-corrected chi connectivity index (χ1v) is 6.61. The van der Waals surface area contributed by atoms with Gasteiger partial charge in [0.25, 0.3) is 0 Å². The summed E-state index contributed by atoms with van der Waals surface area (Å²) in [4.78, 5) is 4.23. The highest BCUT2D eigenvalue weighted by Gasteiger charge is 2.23. The van der Waals surface area contributed by atoms with E-state index in [1.807, 2.05) is 13.0 Å². The van der Waals surface area contributed by atoms with Gasteiger partial charge < -0.3 is 19.7 Å². The van der Waals surface area contributed by atoms with E-state index in [-0.39, 0.29) is 6.54 Å². The van der Waals surface area contributed by atoms with Crippen molar-refractivity contribution in [3.63, 3.8) is 0 Å². The van der Waals surface area contributed by atoms with Crippen molar-refractivity contribution < 1.29 is 14.0 Å². The van der Waals surface area contributed by atoms with Crippen LogP contribution in [0.5, 0.6) is 11.5 Å². The van der Waals surface area contributed by atoms with Gasteiger partial charge in [0.05, 0.1) is 11.0 Å². The van der Waals surface area contributed by atoms with Crippen molar-refractivity contribution in [3.05, 3.63) is 22.0 Å². The summed E-state index contributed by atoms with van der Waals surface area (Å²) in [5, 5.41) is 3.92. The second kappa shape index (κ2) is 4.82. The van der Waals surface area contributed by atoms with Crippen LogP contribution in [0.4, 0.5) is 0 Å². The summed E-state index contributed by atoms with van der Waals surface area (Å²) in [6.07, 6.45) is 0. The number of ether oxygens (including phenoxy) is 2. The summed E-state index contributed by atoms with van der Waals surface area (Å²) in [6.45, 7) is 3.24. The lowest BCUT2D eigenvalue weighted by molar-refractivity contribution is 0.169. The molecule has 0 fully saturated rings. The van der Waals surface area contributed by atoms with Gasteiger partial charge in [0.15, 0.2) is 11.5 Å². The van der Waals surface area contributed by atoms with Crippen LogP contribution in [-0.4, -0.2) is 23.4 Å². The summed E-state index contributed by atoms with van der Waals surface area (Å²) >= 11 is 3.47. The first-order valence-electron chi connectivity index (χ1n) is 5.82. The van der Waals surface area contributed by atoms with Crippen molar-refractivity contribution in [2.75, 3.05) is 13.2 Å². The normalized spacial score (nSPS) is 13.6. The van der Waals surface area contributed by atoms with Crippen LogP contribution in [0, 0.1) is 6.92 Å². The lowest BCUT2D eigenvalue weighted by Crippen LogP contribution is -2.16. The Morgan fingerprint density at radius 3 is 2.74 bits per heavy atom. The van der Waals surface area contributed by atoms with E-state index in [2.05, 4.69) is 26.1 Å². The topological polar surface area (TPSA) is 83.4 Å². The predicted octanol–water partition coefficient (Wildman–Crippen LogP) is 2.04. The van der Waals surface area contributed by atoms with Crippen LogP contribution in [0.3, 0.4) is 0 Å². The van der Waals surface area contributed by atoms with Crippen LogP contribution in [-0.2, 0) is 6.54 Å². The Morgan fingerprint density at radius 2 is 2.05 bits per heavy atom. The van der Waals surface area contributed by atoms with Crippen LogP contribution in [0.25, 0.3) is 11.4 Å². The van der Waals surface area contributed by atoms with Gasteiger partial charge in [-0.05, 0) is 28.9 Å². The summed E-state index contributed by atoms with van der Waals surface area (Å²) in [5.41, 5.74) is 7.22. The highest BCUT2D eigenvalue weighted by atomic mass is 79.9. The molecule has 0 unspecified atom stereocenters. The van der Waals surface area contributed by atoms with Gasteiger partial charge in [0.1, 0.15) is 13.2 Å². The minimum absolute atomic E-state index is 0.220. The lowest BCUT2D eigenvalue weighted by Gasteiger charge is -2.22. The summed E-state index contributed by atoms with van der Waals surface area (Å²) in [5.74, 6) is 2.33. The Kier molecular flexibility index (Phi) is 3.16. The third-order valence-electron chi connectivity index (χ3n) is 2.90. The molecule has 2 heterocycles. The molecule has 2 N–H and O–H groups in total. The predicted molar refractivity (Wildman–Crippen MR) is 71.1 cm³/mol. The maximum atomic E-state index is 5.66. The fourth-order valence-corrected chi connectivity index (χ4v) is 2.50. The van der Waals surface area contributed by atoms with Gasteiger partial charge in [0, 0.05) is 11.1 Å². The van der Waals surface area contributed by atoms with Crippen LogP contribution in [0.2, 0.25) is 0 Å². The molecule has 6 nitrogen and oxygen atoms in total. The number of hydrogen-bond donors (Lipinski definition) is 1. The van der Waals surface area contributed by atoms with Crippen molar-refractivity contribution >= 4 is 15.9 Å². The van der Waals surface area contributed by atoms with E-state index < -0.39 is 0 Å². The number of fused-ring (bicyclic) bond motifs is 1. The first kappa shape index (κ1) is 12.4. The Bertz CT molecular complexity index is 627. The Balaban J connectivity index is 2.14. The maximum Gasteiger partial charge on any atom is 0.240 e. The van der Waals surface area contributed by atoms with Gasteiger partial charge >= 0.3 is 0 Å². The van der Waals surface area contributed by atoms with Gasteiger partial charge in [-0.1, -0.05) is 5.16 Å². The molecule has 1 aliphatic heterocycles. The molecule has 0 spiro atoms. The van der Waals surface area contributed by atoms with E-state index >= 15 is 0 Å². The standard InChI is InChI=1S/C12H12BrN3O3/c1-6-7(12-15-9(5-14)19-16-12)4-8(13)11-10(6)17-2-3-18-11/h4H,2-3,5,14H2,1H3. The molecule has 0 aliphatic carbocycles. The molecule has 0 amide bonds. The monoisotopic (exact) mass is 325 g/mol. The maximum absolute atomic E-state index is 5.66. The van der Waals surface area contributed by atoms with Gasteiger partial charge in [-0.15, -0.1) is 0 Å². The zero-order valence-electron chi connectivity index (χ0n) is 10.3. The first-order chi connectivity index (χ1) is 9.20. The molecule has 0 saturated heterocycles. The molecule has 7 heteroatoms. The molecule has 19 heavy (non-hydrogen) atoms.